The summed E-state index contributed by atoms with van der Waals surface area (Å²) >= 11 is 3.29. The lowest BCUT2D eigenvalue weighted by molar-refractivity contribution is 0.102. The maximum atomic E-state index is 12.0. The fourth-order valence-electron chi connectivity index (χ4n) is 1.49. The summed E-state index contributed by atoms with van der Waals surface area (Å²) in [5, 5.41) is 2.78. The van der Waals surface area contributed by atoms with Crippen LogP contribution in [0.1, 0.15) is 15.9 Å². The second-order valence-corrected chi connectivity index (χ2v) is 4.80. The van der Waals surface area contributed by atoms with E-state index in [9.17, 15) is 4.79 Å². The molecule has 0 fully saturated rings. The van der Waals surface area contributed by atoms with Gasteiger partial charge in [-0.25, -0.2) is 0 Å². The molecule has 3 N–H and O–H groups in total. The van der Waals surface area contributed by atoms with Gasteiger partial charge in [-0.1, -0.05) is 0 Å². The monoisotopic (exact) mass is 305 g/mol. The number of nitrogen functional groups attached to an aromatic ring is 1. The Morgan fingerprint density at radius 2 is 2.11 bits per heavy atom. The molecule has 0 atom stereocenters. The fraction of sp³-hybridized carbons (Fsp3) is 0.0769. The van der Waals surface area contributed by atoms with E-state index in [1.165, 1.54) is 0 Å². The number of carbonyl (C=O) groups is 1. The van der Waals surface area contributed by atoms with Crippen molar-refractivity contribution in [3.05, 3.63) is 52.3 Å². The van der Waals surface area contributed by atoms with Gasteiger partial charge < -0.3 is 11.1 Å². The van der Waals surface area contributed by atoms with Crippen molar-refractivity contribution in [3.8, 4) is 0 Å². The van der Waals surface area contributed by atoms with Crippen LogP contribution in [0.4, 0.5) is 11.4 Å². The molecule has 0 spiro atoms. The average Bonchev–Trinajstić information content (AvgIpc) is 2.32. The SMILES string of the molecule is Cc1cncc(NC(=O)c2ccc(N)c(Br)c2)c1. The molecule has 0 saturated heterocycles. The summed E-state index contributed by atoms with van der Waals surface area (Å²) in [5.74, 6) is -0.192. The largest absolute Gasteiger partial charge is 0.398 e. The third-order valence-corrected chi connectivity index (χ3v) is 3.08. The van der Waals surface area contributed by atoms with Crippen molar-refractivity contribution in [1.82, 2.24) is 4.98 Å². The van der Waals surface area contributed by atoms with Crippen LogP contribution in [0.3, 0.4) is 0 Å². The maximum Gasteiger partial charge on any atom is 0.255 e. The fourth-order valence-corrected chi connectivity index (χ4v) is 1.87. The number of benzene rings is 1. The molecule has 2 rings (SSSR count). The van der Waals surface area contributed by atoms with Crippen molar-refractivity contribution < 1.29 is 4.79 Å². The molecule has 5 heteroatoms. The van der Waals surface area contributed by atoms with Gasteiger partial charge in [-0.15, -0.1) is 0 Å². The average molecular weight is 306 g/mol. The highest BCUT2D eigenvalue weighted by molar-refractivity contribution is 9.10. The number of halogens is 1. The number of amides is 1. The zero-order valence-corrected chi connectivity index (χ0v) is 11.4. The van der Waals surface area contributed by atoms with Gasteiger partial charge in [-0.05, 0) is 52.7 Å². The summed E-state index contributed by atoms with van der Waals surface area (Å²) in [7, 11) is 0. The van der Waals surface area contributed by atoms with Gasteiger partial charge in [0.15, 0.2) is 0 Å². The van der Waals surface area contributed by atoms with Gasteiger partial charge in [0.25, 0.3) is 5.91 Å². The third kappa shape index (κ3) is 2.87. The van der Waals surface area contributed by atoms with Gasteiger partial charge >= 0.3 is 0 Å². The Balaban J connectivity index is 2.19. The Labute approximate surface area is 113 Å². The van der Waals surface area contributed by atoms with Crippen LogP contribution >= 0.6 is 15.9 Å². The molecule has 0 bridgehead atoms. The molecule has 0 aliphatic rings. The molecule has 4 nitrogen and oxygen atoms in total. The summed E-state index contributed by atoms with van der Waals surface area (Å²) < 4.78 is 0.706. The van der Waals surface area contributed by atoms with Gasteiger partial charge in [-0.2, -0.15) is 0 Å². The van der Waals surface area contributed by atoms with E-state index in [0.717, 1.165) is 5.56 Å². The van der Waals surface area contributed by atoms with Crippen LogP contribution in [0, 0.1) is 6.92 Å². The van der Waals surface area contributed by atoms with Gasteiger partial charge in [0, 0.05) is 21.9 Å². The zero-order chi connectivity index (χ0) is 13.1. The predicted molar refractivity (Wildman–Crippen MR) is 75.5 cm³/mol. The number of aryl methyl sites for hydroxylation is 1. The number of carbonyl (C=O) groups excluding carboxylic acids is 1. The molecule has 0 aliphatic carbocycles. The third-order valence-electron chi connectivity index (χ3n) is 2.40. The van der Waals surface area contributed by atoms with Crippen LogP contribution in [-0.4, -0.2) is 10.9 Å². The van der Waals surface area contributed by atoms with Gasteiger partial charge in [0.1, 0.15) is 0 Å². The number of aromatic nitrogens is 1. The summed E-state index contributed by atoms with van der Waals surface area (Å²) in [6.07, 6.45) is 3.34. The summed E-state index contributed by atoms with van der Waals surface area (Å²) in [4.78, 5) is 16.0. The van der Waals surface area contributed by atoms with Crippen molar-refractivity contribution in [2.24, 2.45) is 0 Å². The van der Waals surface area contributed by atoms with Crippen LogP contribution in [0.2, 0.25) is 0 Å². The van der Waals surface area contributed by atoms with E-state index in [-0.39, 0.29) is 5.91 Å². The van der Waals surface area contributed by atoms with Crippen molar-refractivity contribution in [2.45, 2.75) is 6.92 Å². The number of hydrogen-bond acceptors (Lipinski definition) is 3. The van der Waals surface area contributed by atoms with E-state index in [1.807, 2.05) is 13.0 Å². The first-order chi connectivity index (χ1) is 8.56. The summed E-state index contributed by atoms with van der Waals surface area (Å²) in [6.45, 7) is 1.92. The first-order valence-corrected chi connectivity index (χ1v) is 6.13. The molecule has 18 heavy (non-hydrogen) atoms. The molecular weight excluding hydrogens is 294 g/mol. The zero-order valence-electron chi connectivity index (χ0n) is 9.77. The lowest BCUT2D eigenvalue weighted by Gasteiger charge is -2.06. The molecular formula is C13H12BrN3O. The van der Waals surface area contributed by atoms with E-state index < -0.39 is 0 Å². The predicted octanol–water partition coefficient (Wildman–Crippen LogP) is 2.99. The number of pyridine rings is 1. The van der Waals surface area contributed by atoms with Crippen molar-refractivity contribution in [1.29, 1.82) is 0 Å². The van der Waals surface area contributed by atoms with Crippen LogP contribution in [0.15, 0.2) is 41.1 Å². The van der Waals surface area contributed by atoms with Crippen LogP contribution in [-0.2, 0) is 0 Å². The van der Waals surface area contributed by atoms with Crippen molar-refractivity contribution in [2.75, 3.05) is 11.1 Å². The molecule has 1 aromatic heterocycles. The lowest BCUT2D eigenvalue weighted by atomic mass is 10.2. The minimum absolute atomic E-state index is 0.192. The Kier molecular flexibility index (Phi) is 3.62. The molecule has 1 aromatic carbocycles. The van der Waals surface area contributed by atoms with E-state index in [0.29, 0.717) is 21.4 Å². The van der Waals surface area contributed by atoms with E-state index in [1.54, 1.807) is 30.6 Å². The number of nitrogens with one attached hydrogen (secondary N) is 1. The molecule has 0 unspecified atom stereocenters. The lowest BCUT2D eigenvalue weighted by Crippen LogP contribution is -2.12. The van der Waals surface area contributed by atoms with Crippen LogP contribution in [0.25, 0.3) is 0 Å². The van der Waals surface area contributed by atoms with Crippen LogP contribution in [0.5, 0.6) is 0 Å². The topological polar surface area (TPSA) is 68.0 Å². The number of hydrogen-bond donors (Lipinski definition) is 2. The normalized spacial score (nSPS) is 10.1. The van der Waals surface area contributed by atoms with Gasteiger partial charge in [0.05, 0.1) is 11.9 Å². The second kappa shape index (κ2) is 5.18. The standard InChI is InChI=1S/C13H12BrN3O/c1-8-4-10(7-16-6-8)17-13(18)9-2-3-12(15)11(14)5-9/h2-7H,15H2,1H3,(H,17,18). The highest BCUT2D eigenvalue weighted by atomic mass is 79.9. The highest BCUT2D eigenvalue weighted by Crippen LogP contribution is 2.21. The number of nitrogens with zero attached hydrogens (tertiary/aromatic N) is 1. The van der Waals surface area contributed by atoms with E-state index >= 15 is 0 Å². The first kappa shape index (κ1) is 12.6. The van der Waals surface area contributed by atoms with E-state index in [4.69, 9.17) is 5.73 Å². The molecule has 0 radical (unpaired) electrons. The Morgan fingerprint density at radius 1 is 1.33 bits per heavy atom. The van der Waals surface area contributed by atoms with Crippen molar-refractivity contribution in [3.63, 3.8) is 0 Å². The Morgan fingerprint density at radius 3 is 2.78 bits per heavy atom. The molecule has 1 amide bonds. The molecule has 2 aromatic rings. The second-order valence-electron chi connectivity index (χ2n) is 3.94. The molecule has 0 saturated carbocycles. The minimum atomic E-state index is -0.192. The summed E-state index contributed by atoms with van der Waals surface area (Å²) in [5.41, 5.74) is 8.48. The number of anilines is 2. The number of nitrogens with two attached hydrogens (primary N) is 1. The highest BCUT2D eigenvalue weighted by Gasteiger charge is 2.08. The Hall–Kier alpha value is -1.88. The smallest absolute Gasteiger partial charge is 0.255 e. The maximum absolute atomic E-state index is 12.0. The number of rotatable bonds is 2. The quantitative estimate of drug-likeness (QED) is 0.838. The van der Waals surface area contributed by atoms with E-state index in [2.05, 4.69) is 26.2 Å². The first-order valence-electron chi connectivity index (χ1n) is 5.34. The van der Waals surface area contributed by atoms with Gasteiger partial charge in [0.2, 0.25) is 0 Å². The van der Waals surface area contributed by atoms with Gasteiger partial charge in [-0.3, -0.25) is 9.78 Å². The minimum Gasteiger partial charge on any atom is -0.398 e. The molecule has 92 valence electrons. The molecule has 1 heterocycles. The van der Waals surface area contributed by atoms with Crippen LogP contribution < -0.4 is 11.1 Å². The summed E-state index contributed by atoms with van der Waals surface area (Å²) in [6, 6.07) is 6.91. The Bertz CT molecular complexity index is 599. The van der Waals surface area contributed by atoms with Crippen molar-refractivity contribution >= 4 is 33.2 Å². The molecule has 0 aliphatic heterocycles.